The summed E-state index contributed by atoms with van der Waals surface area (Å²) in [5, 5.41) is 0. The van der Waals surface area contributed by atoms with Crippen LogP contribution in [0.2, 0.25) is 0 Å². The minimum absolute atomic E-state index is 0.263. The molecule has 1 nitrogen and oxygen atoms in total. The third-order valence-corrected chi connectivity index (χ3v) is 2.34. The summed E-state index contributed by atoms with van der Waals surface area (Å²) in [6.45, 7) is 6.26. The molecule has 1 heterocycles. The molecule has 1 atom stereocenters. The first-order valence-corrected chi connectivity index (χ1v) is 3.97. The van der Waals surface area contributed by atoms with Crippen LogP contribution in [0.4, 0.5) is 0 Å². The maximum atomic E-state index is 5.57. The lowest BCUT2D eigenvalue weighted by atomic mass is 10.0. The standard InChI is InChI=1S/C10H12O/c1-6-4-5-9-7(2)11-8(3)10(6)9/h4-5,7H,1-3H3. The Balaban J connectivity index is 2.49. The average Bonchev–Trinajstić information content (AvgIpc) is 2.41. The van der Waals surface area contributed by atoms with Crippen LogP contribution < -0.4 is 0 Å². The Labute approximate surface area is 67.1 Å². The SMILES string of the molecule is CC1=CC=C2C1=C(C)OC2C. The highest BCUT2D eigenvalue weighted by Gasteiger charge is 2.28. The van der Waals surface area contributed by atoms with Crippen LogP contribution in [-0.4, -0.2) is 6.10 Å². The minimum Gasteiger partial charge on any atom is -0.490 e. The largest absolute Gasteiger partial charge is 0.490 e. The Morgan fingerprint density at radius 2 is 2.00 bits per heavy atom. The van der Waals surface area contributed by atoms with Crippen molar-refractivity contribution in [1.82, 2.24) is 0 Å². The van der Waals surface area contributed by atoms with E-state index in [1.165, 1.54) is 16.7 Å². The van der Waals surface area contributed by atoms with Crippen LogP contribution in [-0.2, 0) is 4.74 Å². The van der Waals surface area contributed by atoms with Gasteiger partial charge in [0.15, 0.2) is 0 Å². The number of ether oxygens (including phenoxy) is 1. The predicted octanol–water partition coefficient (Wildman–Crippen LogP) is 2.57. The number of hydrogen-bond acceptors (Lipinski definition) is 1. The molecule has 0 aromatic carbocycles. The van der Waals surface area contributed by atoms with E-state index in [0.717, 1.165) is 5.76 Å². The van der Waals surface area contributed by atoms with E-state index < -0.39 is 0 Å². The van der Waals surface area contributed by atoms with Crippen molar-refractivity contribution in [2.24, 2.45) is 0 Å². The van der Waals surface area contributed by atoms with E-state index in [2.05, 4.69) is 26.0 Å². The van der Waals surface area contributed by atoms with Crippen LogP contribution >= 0.6 is 0 Å². The Morgan fingerprint density at radius 1 is 1.27 bits per heavy atom. The molecule has 1 aliphatic heterocycles. The third-order valence-electron chi connectivity index (χ3n) is 2.34. The van der Waals surface area contributed by atoms with Gasteiger partial charge in [-0.05, 0) is 26.3 Å². The van der Waals surface area contributed by atoms with Gasteiger partial charge in [-0.2, -0.15) is 0 Å². The summed E-state index contributed by atoms with van der Waals surface area (Å²) in [5.74, 6) is 1.08. The summed E-state index contributed by atoms with van der Waals surface area (Å²) in [5.41, 5.74) is 4.01. The first-order valence-electron chi connectivity index (χ1n) is 3.97. The van der Waals surface area contributed by atoms with Gasteiger partial charge in [0.25, 0.3) is 0 Å². The third kappa shape index (κ3) is 0.770. The zero-order valence-corrected chi connectivity index (χ0v) is 7.14. The van der Waals surface area contributed by atoms with Crippen LogP contribution in [0.15, 0.2) is 34.6 Å². The molecule has 1 unspecified atom stereocenters. The van der Waals surface area contributed by atoms with Crippen LogP contribution in [0, 0.1) is 0 Å². The second-order valence-electron chi connectivity index (χ2n) is 3.16. The van der Waals surface area contributed by atoms with Crippen molar-refractivity contribution < 1.29 is 4.74 Å². The van der Waals surface area contributed by atoms with E-state index in [-0.39, 0.29) is 6.10 Å². The number of allylic oxidation sites excluding steroid dienone is 4. The van der Waals surface area contributed by atoms with E-state index in [0.29, 0.717) is 0 Å². The number of rotatable bonds is 0. The highest BCUT2D eigenvalue weighted by atomic mass is 16.5. The second-order valence-corrected chi connectivity index (χ2v) is 3.16. The monoisotopic (exact) mass is 148 g/mol. The second kappa shape index (κ2) is 2.00. The lowest BCUT2D eigenvalue weighted by molar-refractivity contribution is 0.184. The zero-order chi connectivity index (χ0) is 8.01. The molecule has 0 radical (unpaired) electrons. The van der Waals surface area contributed by atoms with Crippen molar-refractivity contribution in [3.63, 3.8) is 0 Å². The molecule has 0 amide bonds. The summed E-state index contributed by atoms with van der Waals surface area (Å²) in [6.07, 6.45) is 4.58. The molecule has 0 fully saturated rings. The fourth-order valence-electron chi connectivity index (χ4n) is 1.82. The van der Waals surface area contributed by atoms with Gasteiger partial charge in [-0.15, -0.1) is 0 Å². The van der Waals surface area contributed by atoms with Gasteiger partial charge in [-0.1, -0.05) is 12.2 Å². The molecule has 0 aromatic heterocycles. The van der Waals surface area contributed by atoms with Gasteiger partial charge in [0.2, 0.25) is 0 Å². The van der Waals surface area contributed by atoms with Crippen LogP contribution in [0.3, 0.4) is 0 Å². The van der Waals surface area contributed by atoms with E-state index in [1.54, 1.807) is 0 Å². The molecule has 1 aliphatic carbocycles. The van der Waals surface area contributed by atoms with Crippen molar-refractivity contribution >= 4 is 0 Å². The first-order chi connectivity index (χ1) is 5.20. The van der Waals surface area contributed by atoms with Crippen molar-refractivity contribution in [2.45, 2.75) is 26.9 Å². The van der Waals surface area contributed by atoms with Gasteiger partial charge in [0.05, 0.1) is 0 Å². The normalized spacial score (nSPS) is 28.1. The molecule has 0 N–H and O–H groups in total. The Morgan fingerprint density at radius 3 is 2.64 bits per heavy atom. The summed E-state index contributed by atoms with van der Waals surface area (Å²) in [7, 11) is 0. The molecule has 0 bridgehead atoms. The Hall–Kier alpha value is -0.980. The summed E-state index contributed by atoms with van der Waals surface area (Å²) < 4.78 is 5.57. The molecule has 0 spiro atoms. The summed E-state index contributed by atoms with van der Waals surface area (Å²) in [4.78, 5) is 0. The molecular formula is C10H12O. The molecular weight excluding hydrogens is 136 g/mol. The fourth-order valence-corrected chi connectivity index (χ4v) is 1.82. The smallest absolute Gasteiger partial charge is 0.121 e. The van der Waals surface area contributed by atoms with Crippen molar-refractivity contribution in [2.75, 3.05) is 0 Å². The van der Waals surface area contributed by atoms with Gasteiger partial charge in [0.1, 0.15) is 11.9 Å². The number of fused-ring (bicyclic) bond motifs is 1. The molecule has 2 aliphatic rings. The Kier molecular flexibility index (Phi) is 1.22. The van der Waals surface area contributed by atoms with Gasteiger partial charge >= 0.3 is 0 Å². The average molecular weight is 148 g/mol. The van der Waals surface area contributed by atoms with Crippen LogP contribution in [0.1, 0.15) is 20.8 Å². The van der Waals surface area contributed by atoms with Gasteiger partial charge < -0.3 is 4.74 Å². The van der Waals surface area contributed by atoms with Crippen molar-refractivity contribution in [3.8, 4) is 0 Å². The summed E-state index contributed by atoms with van der Waals surface area (Å²) in [6, 6.07) is 0. The van der Waals surface area contributed by atoms with E-state index in [9.17, 15) is 0 Å². The molecule has 0 saturated carbocycles. The lowest BCUT2D eigenvalue weighted by Crippen LogP contribution is -2.00. The number of hydrogen-bond donors (Lipinski definition) is 0. The Bertz CT molecular complexity index is 289. The molecule has 11 heavy (non-hydrogen) atoms. The molecule has 0 saturated heterocycles. The van der Waals surface area contributed by atoms with Gasteiger partial charge in [-0.3, -0.25) is 0 Å². The molecule has 0 aromatic rings. The first kappa shape index (κ1) is 6.71. The van der Waals surface area contributed by atoms with E-state index in [4.69, 9.17) is 4.74 Å². The molecule has 58 valence electrons. The van der Waals surface area contributed by atoms with Crippen molar-refractivity contribution in [1.29, 1.82) is 0 Å². The quantitative estimate of drug-likeness (QED) is 0.513. The van der Waals surface area contributed by atoms with Crippen molar-refractivity contribution in [3.05, 3.63) is 34.6 Å². The fraction of sp³-hybridized carbons (Fsp3) is 0.400. The topological polar surface area (TPSA) is 9.23 Å². The minimum atomic E-state index is 0.263. The highest BCUT2D eigenvalue weighted by molar-refractivity contribution is 5.58. The van der Waals surface area contributed by atoms with E-state index >= 15 is 0 Å². The maximum absolute atomic E-state index is 5.57. The highest BCUT2D eigenvalue weighted by Crippen LogP contribution is 2.38. The predicted molar refractivity (Wildman–Crippen MR) is 45.1 cm³/mol. The van der Waals surface area contributed by atoms with Gasteiger partial charge in [-0.25, -0.2) is 0 Å². The summed E-state index contributed by atoms with van der Waals surface area (Å²) >= 11 is 0. The van der Waals surface area contributed by atoms with Gasteiger partial charge in [0, 0.05) is 11.1 Å². The van der Waals surface area contributed by atoms with Crippen LogP contribution in [0.25, 0.3) is 0 Å². The maximum Gasteiger partial charge on any atom is 0.121 e. The van der Waals surface area contributed by atoms with E-state index in [1.807, 2.05) is 6.92 Å². The molecule has 1 heteroatoms. The lowest BCUT2D eigenvalue weighted by Gasteiger charge is -2.04. The zero-order valence-electron chi connectivity index (χ0n) is 7.14. The van der Waals surface area contributed by atoms with Crippen LogP contribution in [0.5, 0.6) is 0 Å². The molecule has 2 rings (SSSR count).